The zero-order chi connectivity index (χ0) is 24.2. The highest BCUT2D eigenvalue weighted by molar-refractivity contribution is 6.30. The molecule has 1 aliphatic heterocycles. The maximum atomic E-state index is 13.2. The van der Waals surface area contributed by atoms with Crippen molar-refractivity contribution >= 4 is 35.5 Å². The summed E-state index contributed by atoms with van der Waals surface area (Å²) >= 11 is 5.86. The first-order chi connectivity index (χ1) is 14.8. The van der Waals surface area contributed by atoms with Gasteiger partial charge in [0.1, 0.15) is 17.7 Å². The molecule has 0 aromatic heterocycles. The summed E-state index contributed by atoms with van der Waals surface area (Å²) in [5.74, 6) is -2.41. The van der Waals surface area contributed by atoms with E-state index < -0.39 is 35.7 Å². The van der Waals surface area contributed by atoms with E-state index in [1.807, 2.05) is 0 Å². The number of alkyl carbamates (subject to hydrolysis) is 1. The molecule has 3 amide bonds. The number of amides is 3. The van der Waals surface area contributed by atoms with Gasteiger partial charge in [-0.1, -0.05) is 25.4 Å². The standard InChI is InChI=1S/C22H30ClN3O6/c1-13(2)17(24-21(31)32-22(3,4)5)19(28)26-11-10-25(12-16(26)20(29)30)18(27)14-6-8-15(23)9-7-14/h6-9,13,16-17H,10-12H2,1-5H3,(H,24,31)(H,29,30)/t16-,17-/m0/s1. The van der Waals surface area contributed by atoms with Crippen molar-refractivity contribution in [2.45, 2.75) is 52.3 Å². The fourth-order valence-corrected chi connectivity index (χ4v) is 3.47. The van der Waals surface area contributed by atoms with Gasteiger partial charge >= 0.3 is 12.1 Å². The Hall–Kier alpha value is -2.81. The van der Waals surface area contributed by atoms with Gasteiger partial charge in [-0.25, -0.2) is 9.59 Å². The van der Waals surface area contributed by atoms with Crippen LogP contribution >= 0.6 is 11.6 Å². The number of nitrogens with zero attached hydrogens (tertiary/aromatic N) is 2. The summed E-state index contributed by atoms with van der Waals surface area (Å²) < 4.78 is 5.24. The van der Waals surface area contributed by atoms with Gasteiger partial charge in [0.25, 0.3) is 5.91 Å². The monoisotopic (exact) mass is 467 g/mol. The quantitative estimate of drug-likeness (QED) is 0.687. The van der Waals surface area contributed by atoms with E-state index >= 15 is 0 Å². The lowest BCUT2D eigenvalue weighted by Crippen LogP contribution is -2.63. The van der Waals surface area contributed by atoms with Gasteiger partial charge in [0.2, 0.25) is 5.91 Å². The third-order valence-corrected chi connectivity index (χ3v) is 5.18. The van der Waals surface area contributed by atoms with Gasteiger partial charge in [0.15, 0.2) is 0 Å². The van der Waals surface area contributed by atoms with Crippen molar-refractivity contribution in [2.75, 3.05) is 19.6 Å². The molecule has 2 N–H and O–H groups in total. The zero-order valence-corrected chi connectivity index (χ0v) is 19.7. The third kappa shape index (κ3) is 6.59. The number of carbonyl (C=O) groups is 4. The average molecular weight is 468 g/mol. The minimum Gasteiger partial charge on any atom is -0.480 e. The van der Waals surface area contributed by atoms with E-state index in [2.05, 4.69) is 5.32 Å². The van der Waals surface area contributed by atoms with E-state index in [0.29, 0.717) is 10.6 Å². The summed E-state index contributed by atoms with van der Waals surface area (Å²) in [6.07, 6.45) is -0.757. The fourth-order valence-electron chi connectivity index (χ4n) is 3.34. The van der Waals surface area contributed by atoms with Crippen LogP contribution < -0.4 is 5.32 Å². The van der Waals surface area contributed by atoms with Crippen LogP contribution in [0.2, 0.25) is 5.02 Å². The van der Waals surface area contributed by atoms with Gasteiger partial charge in [0.05, 0.1) is 6.54 Å². The molecule has 0 saturated carbocycles. The molecule has 1 saturated heterocycles. The van der Waals surface area contributed by atoms with Crippen LogP contribution in [0.3, 0.4) is 0 Å². The van der Waals surface area contributed by atoms with Gasteiger partial charge in [-0.05, 0) is 51.0 Å². The van der Waals surface area contributed by atoms with Crippen molar-refractivity contribution < 1.29 is 29.0 Å². The van der Waals surface area contributed by atoms with Crippen molar-refractivity contribution in [3.63, 3.8) is 0 Å². The number of ether oxygens (including phenoxy) is 1. The van der Waals surface area contributed by atoms with Gasteiger partial charge < -0.3 is 25.0 Å². The average Bonchev–Trinajstić information content (AvgIpc) is 2.69. The van der Waals surface area contributed by atoms with Gasteiger partial charge in [-0.15, -0.1) is 0 Å². The van der Waals surface area contributed by atoms with Gasteiger partial charge in [-0.2, -0.15) is 0 Å². The predicted molar refractivity (Wildman–Crippen MR) is 118 cm³/mol. The molecular formula is C22H30ClN3O6. The van der Waals surface area contributed by atoms with Crippen molar-refractivity contribution in [1.82, 2.24) is 15.1 Å². The van der Waals surface area contributed by atoms with Crippen molar-refractivity contribution in [1.29, 1.82) is 0 Å². The maximum Gasteiger partial charge on any atom is 0.408 e. The summed E-state index contributed by atoms with van der Waals surface area (Å²) in [6, 6.07) is 4.09. The van der Waals surface area contributed by atoms with E-state index in [9.17, 15) is 24.3 Å². The van der Waals surface area contributed by atoms with Crippen LogP contribution in [-0.4, -0.2) is 76.1 Å². The molecule has 0 spiro atoms. The highest BCUT2D eigenvalue weighted by Gasteiger charge is 2.41. The van der Waals surface area contributed by atoms with Crippen molar-refractivity contribution in [3.05, 3.63) is 34.9 Å². The lowest BCUT2D eigenvalue weighted by molar-refractivity contribution is -0.154. The van der Waals surface area contributed by atoms with Crippen LogP contribution in [0.5, 0.6) is 0 Å². The van der Waals surface area contributed by atoms with Crippen LogP contribution in [0.1, 0.15) is 45.0 Å². The van der Waals surface area contributed by atoms with Crippen LogP contribution in [0.4, 0.5) is 4.79 Å². The van der Waals surface area contributed by atoms with E-state index in [4.69, 9.17) is 16.3 Å². The van der Waals surface area contributed by atoms with Gasteiger partial charge in [0, 0.05) is 23.7 Å². The highest BCUT2D eigenvalue weighted by atomic mass is 35.5. The van der Waals surface area contributed by atoms with Crippen molar-refractivity contribution in [2.24, 2.45) is 5.92 Å². The van der Waals surface area contributed by atoms with Gasteiger partial charge in [-0.3, -0.25) is 9.59 Å². The number of benzene rings is 1. The smallest absolute Gasteiger partial charge is 0.408 e. The Morgan fingerprint density at radius 1 is 1.12 bits per heavy atom. The van der Waals surface area contributed by atoms with E-state index in [0.717, 1.165) is 0 Å². The zero-order valence-electron chi connectivity index (χ0n) is 18.9. The second kappa shape index (κ2) is 10.2. The summed E-state index contributed by atoms with van der Waals surface area (Å²) in [4.78, 5) is 52.8. The molecule has 1 aliphatic rings. The summed E-state index contributed by atoms with van der Waals surface area (Å²) in [5.41, 5.74) is -0.365. The second-order valence-corrected chi connectivity index (χ2v) is 9.45. The van der Waals surface area contributed by atoms with Crippen LogP contribution in [0.25, 0.3) is 0 Å². The Balaban J connectivity index is 2.16. The Labute approximate surface area is 192 Å². The maximum absolute atomic E-state index is 13.2. The molecule has 1 fully saturated rings. The molecule has 0 aliphatic carbocycles. The predicted octanol–water partition coefficient (Wildman–Crippen LogP) is 2.63. The summed E-state index contributed by atoms with van der Waals surface area (Å²) in [5, 5.41) is 12.8. The molecule has 1 aromatic rings. The first-order valence-corrected chi connectivity index (χ1v) is 10.8. The Morgan fingerprint density at radius 3 is 2.22 bits per heavy atom. The fraction of sp³-hybridized carbons (Fsp3) is 0.545. The first kappa shape index (κ1) is 25.5. The molecule has 176 valence electrons. The second-order valence-electron chi connectivity index (χ2n) is 9.01. The number of nitrogens with one attached hydrogen (secondary N) is 1. The summed E-state index contributed by atoms with van der Waals surface area (Å²) in [6.45, 7) is 8.62. The Morgan fingerprint density at radius 2 is 1.72 bits per heavy atom. The number of aliphatic carboxylic acids is 1. The number of hydrogen-bond donors (Lipinski definition) is 2. The number of rotatable bonds is 5. The van der Waals surface area contributed by atoms with Crippen LogP contribution in [0.15, 0.2) is 24.3 Å². The molecule has 0 bridgehead atoms. The van der Waals surface area contributed by atoms with Crippen LogP contribution in [0, 0.1) is 5.92 Å². The molecule has 1 heterocycles. The molecule has 9 nitrogen and oxygen atoms in total. The molecule has 2 rings (SSSR count). The molecule has 0 radical (unpaired) electrons. The molecule has 10 heteroatoms. The van der Waals surface area contributed by atoms with E-state index in [1.165, 1.54) is 9.80 Å². The number of carbonyl (C=O) groups excluding carboxylic acids is 3. The normalized spacial score (nSPS) is 17.7. The molecule has 1 aromatic carbocycles. The minimum atomic E-state index is -1.24. The molecule has 32 heavy (non-hydrogen) atoms. The summed E-state index contributed by atoms with van der Waals surface area (Å²) in [7, 11) is 0. The topological polar surface area (TPSA) is 116 Å². The molecule has 2 atom stereocenters. The Bertz CT molecular complexity index is 865. The van der Waals surface area contributed by atoms with Crippen molar-refractivity contribution in [3.8, 4) is 0 Å². The van der Waals surface area contributed by atoms with Crippen LogP contribution in [-0.2, 0) is 14.3 Å². The molecular weight excluding hydrogens is 438 g/mol. The number of carboxylic acid groups (broad SMARTS) is 1. The highest BCUT2D eigenvalue weighted by Crippen LogP contribution is 2.19. The largest absolute Gasteiger partial charge is 0.480 e. The Kier molecular flexibility index (Phi) is 8.12. The SMILES string of the molecule is CC(C)[C@H](NC(=O)OC(C)(C)C)C(=O)N1CCN(C(=O)c2ccc(Cl)cc2)C[C@H]1C(=O)O. The number of hydrogen-bond acceptors (Lipinski definition) is 5. The number of carboxylic acids is 1. The van der Waals surface area contributed by atoms with E-state index in [1.54, 1.807) is 58.9 Å². The number of halogens is 1. The minimum absolute atomic E-state index is 0.0222. The molecule has 0 unspecified atom stereocenters. The third-order valence-electron chi connectivity index (χ3n) is 4.93. The first-order valence-electron chi connectivity index (χ1n) is 10.4. The van der Waals surface area contributed by atoms with E-state index in [-0.39, 0.29) is 31.5 Å². The lowest BCUT2D eigenvalue weighted by Gasteiger charge is -2.41. The number of piperazine rings is 1. The lowest BCUT2D eigenvalue weighted by atomic mass is 10.0.